The van der Waals surface area contributed by atoms with E-state index in [0.29, 0.717) is 0 Å². The first kappa shape index (κ1) is 14.3. The van der Waals surface area contributed by atoms with Crippen LogP contribution in [-0.2, 0) is 0 Å². The van der Waals surface area contributed by atoms with Gasteiger partial charge in [0.15, 0.2) is 0 Å². The van der Waals surface area contributed by atoms with Crippen molar-refractivity contribution in [1.82, 2.24) is 10.2 Å². The molecule has 2 rings (SSSR count). The molecule has 1 saturated heterocycles. The fraction of sp³-hybridized carbons (Fsp3) is 0.533. The van der Waals surface area contributed by atoms with Crippen molar-refractivity contribution in [3.8, 4) is 0 Å². The average Bonchev–Trinajstić information content (AvgIpc) is 2.73. The number of rotatable bonds is 4. The van der Waals surface area contributed by atoms with Crippen molar-refractivity contribution in [1.29, 1.82) is 0 Å². The van der Waals surface area contributed by atoms with Crippen LogP contribution in [0.5, 0.6) is 0 Å². The van der Waals surface area contributed by atoms with E-state index in [-0.39, 0.29) is 6.03 Å². The Morgan fingerprint density at radius 1 is 1.11 bits per heavy atom. The molecule has 0 saturated carbocycles. The molecule has 1 aromatic carbocycles. The Hall–Kier alpha value is -1.16. The molecule has 0 radical (unpaired) electrons. The van der Waals surface area contributed by atoms with Crippen molar-refractivity contribution in [3.63, 3.8) is 0 Å². The van der Waals surface area contributed by atoms with Crippen LogP contribution in [0.25, 0.3) is 0 Å². The zero-order valence-corrected chi connectivity index (χ0v) is 12.1. The fourth-order valence-corrected chi connectivity index (χ4v) is 3.02. The highest BCUT2D eigenvalue weighted by Gasteiger charge is 2.14. The lowest BCUT2D eigenvalue weighted by atomic mass is 10.2. The van der Waals surface area contributed by atoms with Crippen LogP contribution >= 0.6 is 11.8 Å². The monoisotopic (exact) mass is 278 g/mol. The summed E-state index contributed by atoms with van der Waals surface area (Å²) in [7, 11) is 0. The molecule has 1 aromatic rings. The molecule has 1 fully saturated rings. The lowest BCUT2D eigenvalue weighted by Gasteiger charge is -2.20. The molecule has 3 nitrogen and oxygen atoms in total. The summed E-state index contributed by atoms with van der Waals surface area (Å²) in [6.45, 7) is 2.56. The minimum Gasteiger partial charge on any atom is -0.337 e. The smallest absolute Gasteiger partial charge is 0.317 e. The second-order valence-electron chi connectivity index (χ2n) is 4.79. The highest BCUT2D eigenvalue weighted by Crippen LogP contribution is 2.16. The third-order valence-electron chi connectivity index (χ3n) is 3.28. The Morgan fingerprint density at radius 2 is 1.79 bits per heavy atom. The lowest BCUT2D eigenvalue weighted by Crippen LogP contribution is -2.41. The maximum atomic E-state index is 12.0. The first-order chi connectivity index (χ1) is 9.36. The Kier molecular flexibility index (Phi) is 6.08. The predicted molar refractivity (Wildman–Crippen MR) is 80.6 cm³/mol. The highest BCUT2D eigenvalue weighted by molar-refractivity contribution is 7.99. The molecule has 1 N–H and O–H groups in total. The molecular weight excluding hydrogens is 256 g/mol. The third-order valence-corrected chi connectivity index (χ3v) is 4.30. The van der Waals surface area contributed by atoms with E-state index >= 15 is 0 Å². The van der Waals surface area contributed by atoms with Gasteiger partial charge in [-0.25, -0.2) is 4.79 Å². The number of carbonyl (C=O) groups excluding carboxylic acids is 1. The first-order valence-electron chi connectivity index (χ1n) is 7.07. The van der Waals surface area contributed by atoms with Crippen molar-refractivity contribution in [2.45, 2.75) is 30.6 Å². The molecule has 0 aliphatic carbocycles. The van der Waals surface area contributed by atoms with Gasteiger partial charge in [-0.05, 0) is 25.0 Å². The second kappa shape index (κ2) is 8.10. The number of hydrogen-bond donors (Lipinski definition) is 1. The molecule has 2 amide bonds. The van der Waals surface area contributed by atoms with Crippen LogP contribution in [0, 0.1) is 0 Å². The first-order valence-corrected chi connectivity index (χ1v) is 8.05. The summed E-state index contributed by atoms with van der Waals surface area (Å²) in [6, 6.07) is 10.4. The van der Waals surface area contributed by atoms with Gasteiger partial charge in [-0.1, -0.05) is 31.0 Å². The summed E-state index contributed by atoms with van der Waals surface area (Å²) >= 11 is 1.78. The van der Waals surface area contributed by atoms with Crippen LogP contribution < -0.4 is 5.32 Å². The Labute approximate surface area is 119 Å². The molecule has 0 spiro atoms. The summed E-state index contributed by atoms with van der Waals surface area (Å²) in [4.78, 5) is 15.2. The van der Waals surface area contributed by atoms with E-state index < -0.39 is 0 Å². The average molecular weight is 278 g/mol. The number of carbonyl (C=O) groups is 1. The number of nitrogens with one attached hydrogen (secondary N) is 1. The van der Waals surface area contributed by atoms with E-state index in [1.54, 1.807) is 11.8 Å². The van der Waals surface area contributed by atoms with Crippen LogP contribution in [0.3, 0.4) is 0 Å². The van der Waals surface area contributed by atoms with Crippen LogP contribution in [0.4, 0.5) is 4.79 Å². The number of urea groups is 1. The van der Waals surface area contributed by atoms with Gasteiger partial charge in [0.25, 0.3) is 0 Å². The summed E-state index contributed by atoms with van der Waals surface area (Å²) in [6.07, 6.45) is 4.81. The maximum absolute atomic E-state index is 12.0. The summed E-state index contributed by atoms with van der Waals surface area (Å²) in [5, 5.41) is 3.02. The van der Waals surface area contributed by atoms with Crippen LogP contribution in [0.15, 0.2) is 35.2 Å². The van der Waals surface area contributed by atoms with E-state index in [2.05, 4.69) is 17.4 Å². The minimum absolute atomic E-state index is 0.107. The molecule has 0 aromatic heterocycles. The Morgan fingerprint density at radius 3 is 2.47 bits per heavy atom. The van der Waals surface area contributed by atoms with Crippen LogP contribution in [0.2, 0.25) is 0 Å². The molecule has 104 valence electrons. The number of likely N-dealkylation sites (tertiary alicyclic amines) is 1. The number of benzene rings is 1. The Balaban J connectivity index is 1.63. The SMILES string of the molecule is O=C(NCCSc1ccccc1)N1CCCCCC1. The van der Waals surface area contributed by atoms with Gasteiger partial charge in [0.2, 0.25) is 0 Å². The second-order valence-corrected chi connectivity index (χ2v) is 5.96. The van der Waals surface area contributed by atoms with Gasteiger partial charge in [-0.2, -0.15) is 0 Å². The number of nitrogens with zero attached hydrogens (tertiary/aromatic N) is 1. The standard InChI is InChI=1S/C15H22N2OS/c18-15(17-11-6-1-2-7-12-17)16-10-13-19-14-8-4-3-5-9-14/h3-5,8-9H,1-2,6-7,10-13H2,(H,16,18). The van der Waals surface area contributed by atoms with E-state index in [1.807, 2.05) is 23.1 Å². The van der Waals surface area contributed by atoms with Crippen LogP contribution in [-0.4, -0.2) is 36.3 Å². The van der Waals surface area contributed by atoms with Gasteiger partial charge >= 0.3 is 6.03 Å². The van der Waals surface area contributed by atoms with E-state index in [0.717, 1.165) is 38.2 Å². The zero-order chi connectivity index (χ0) is 13.3. The third kappa shape index (κ3) is 5.15. The van der Waals surface area contributed by atoms with E-state index in [4.69, 9.17) is 0 Å². The van der Waals surface area contributed by atoms with Gasteiger partial charge in [0.05, 0.1) is 0 Å². The molecule has 0 bridgehead atoms. The number of hydrogen-bond acceptors (Lipinski definition) is 2. The zero-order valence-electron chi connectivity index (χ0n) is 11.3. The van der Waals surface area contributed by atoms with Gasteiger partial charge in [-0.15, -0.1) is 11.8 Å². The predicted octanol–water partition coefficient (Wildman–Crippen LogP) is 3.36. The van der Waals surface area contributed by atoms with Gasteiger partial charge in [0.1, 0.15) is 0 Å². The normalized spacial score (nSPS) is 15.9. The largest absolute Gasteiger partial charge is 0.337 e. The number of thioether (sulfide) groups is 1. The van der Waals surface area contributed by atoms with Crippen molar-refractivity contribution < 1.29 is 4.79 Å². The number of amides is 2. The molecule has 1 heterocycles. The van der Waals surface area contributed by atoms with Crippen molar-refractivity contribution in [3.05, 3.63) is 30.3 Å². The van der Waals surface area contributed by atoms with Gasteiger partial charge in [0, 0.05) is 30.3 Å². The molecule has 0 atom stereocenters. The van der Waals surface area contributed by atoms with E-state index in [9.17, 15) is 4.79 Å². The molecular formula is C15H22N2OS. The highest BCUT2D eigenvalue weighted by atomic mass is 32.2. The summed E-state index contributed by atoms with van der Waals surface area (Å²) in [5.74, 6) is 0.920. The molecule has 0 unspecified atom stereocenters. The van der Waals surface area contributed by atoms with Crippen LogP contribution in [0.1, 0.15) is 25.7 Å². The Bertz CT molecular complexity index is 375. The van der Waals surface area contributed by atoms with Crippen molar-refractivity contribution >= 4 is 17.8 Å². The lowest BCUT2D eigenvalue weighted by molar-refractivity contribution is 0.200. The van der Waals surface area contributed by atoms with E-state index in [1.165, 1.54) is 17.7 Å². The van der Waals surface area contributed by atoms with Gasteiger partial charge in [-0.3, -0.25) is 0 Å². The minimum atomic E-state index is 0.107. The quantitative estimate of drug-likeness (QED) is 0.676. The molecule has 1 aliphatic heterocycles. The summed E-state index contributed by atoms with van der Waals surface area (Å²) < 4.78 is 0. The molecule has 1 aliphatic rings. The molecule has 19 heavy (non-hydrogen) atoms. The topological polar surface area (TPSA) is 32.3 Å². The summed E-state index contributed by atoms with van der Waals surface area (Å²) in [5.41, 5.74) is 0. The van der Waals surface area contributed by atoms with Crippen molar-refractivity contribution in [2.75, 3.05) is 25.4 Å². The maximum Gasteiger partial charge on any atom is 0.317 e. The molecule has 4 heteroatoms. The van der Waals surface area contributed by atoms with Crippen molar-refractivity contribution in [2.24, 2.45) is 0 Å². The van der Waals surface area contributed by atoms with Gasteiger partial charge < -0.3 is 10.2 Å². The fourth-order valence-electron chi connectivity index (χ4n) is 2.23.